The van der Waals surface area contributed by atoms with Gasteiger partial charge in [-0.3, -0.25) is 0 Å². The highest BCUT2D eigenvalue weighted by molar-refractivity contribution is 5.86. The maximum atomic E-state index is 10.7. The highest BCUT2D eigenvalue weighted by Crippen LogP contribution is 2.26. The minimum absolute atomic E-state index is 0.133. The maximum Gasteiger partial charge on any atom is 0.338 e. The van der Waals surface area contributed by atoms with E-state index in [4.69, 9.17) is 5.11 Å². The lowest BCUT2D eigenvalue weighted by atomic mass is 10.0. The van der Waals surface area contributed by atoms with Crippen molar-refractivity contribution in [2.24, 2.45) is 5.92 Å². The van der Waals surface area contributed by atoms with Crippen LogP contribution in [-0.2, 0) is 0 Å². The quantitative estimate of drug-likeness (QED) is 0.865. The van der Waals surface area contributed by atoms with Crippen LogP contribution < -0.4 is 4.90 Å². The number of hydrogen-bond donors (Lipinski definition) is 1. The van der Waals surface area contributed by atoms with Gasteiger partial charge in [0.1, 0.15) is 0 Å². The molecule has 1 fully saturated rings. The summed E-state index contributed by atoms with van der Waals surface area (Å²) in [6, 6.07) is 0.464. The summed E-state index contributed by atoms with van der Waals surface area (Å²) in [5.41, 5.74) is 0.133. The van der Waals surface area contributed by atoms with Gasteiger partial charge in [0.2, 0.25) is 5.95 Å². The van der Waals surface area contributed by atoms with Gasteiger partial charge in [-0.05, 0) is 18.8 Å². The van der Waals surface area contributed by atoms with Gasteiger partial charge in [0.05, 0.1) is 5.56 Å². The Balaban J connectivity index is 2.19. The first-order valence-electron chi connectivity index (χ1n) is 5.91. The second-order valence-corrected chi connectivity index (χ2v) is 4.72. The molecule has 0 saturated carbocycles. The Bertz CT molecular complexity index is 403. The van der Waals surface area contributed by atoms with Crippen molar-refractivity contribution in [3.05, 3.63) is 18.0 Å². The smallest absolute Gasteiger partial charge is 0.338 e. The fraction of sp³-hybridized carbons (Fsp3) is 0.583. The summed E-state index contributed by atoms with van der Waals surface area (Å²) in [5.74, 6) is 0.213. The Morgan fingerprint density at radius 3 is 2.65 bits per heavy atom. The van der Waals surface area contributed by atoms with Crippen LogP contribution in [0.4, 0.5) is 5.95 Å². The Labute approximate surface area is 100 Å². The maximum absolute atomic E-state index is 10.7. The fourth-order valence-electron chi connectivity index (χ4n) is 2.31. The minimum Gasteiger partial charge on any atom is -0.478 e. The molecule has 1 aliphatic rings. The number of nitrogens with zero attached hydrogens (tertiary/aromatic N) is 3. The van der Waals surface area contributed by atoms with Gasteiger partial charge in [0.25, 0.3) is 0 Å². The summed E-state index contributed by atoms with van der Waals surface area (Å²) in [5, 5.41) is 8.79. The molecule has 0 bridgehead atoms. The van der Waals surface area contributed by atoms with Crippen LogP contribution in [0, 0.1) is 5.92 Å². The molecule has 1 N–H and O–H groups in total. The van der Waals surface area contributed by atoms with E-state index in [0.29, 0.717) is 17.9 Å². The normalized spacial score (nSPS) is 19.9. The summed E-state index contributed by atoms with van der Waals surface area (Å²) in [6.45, 7) is 5.33. The van der Waals surface area contributed by atoms with Crippen molar-refractivity contribution in [1.82, 2.24) is 9.97 Å². The molecule has 1 aromatic rings. The molecule has 0 spiro atoms. The third-order valence-electron chi connectivity index (χ3n) is 3.21. The van der Waals surface area contributed by atoms with E-state index in [1.165, 1.54) is 12.4 Å². The zero-order valence-electron chi connectivity index (χ0n) is 10.1. The second kappa shape index (κ2) is 4.69. The molecular weight excluding hydrogens is 218 g/mol. The predicted octanol–water partition coefficient (Wildman–Crippen LogP) is 1.80. The van der Waals surface area contributed by atoms with Gasteiger partial charge in [0, 0.05) is 25.0 Å². The summed E-state index contributed by atoms with van der Waals surface area (Å²) in [4.78, 5) is 21.2. The van der Waals surface area contributed by atoms with Crippen LogP contribution in [0.3, 0.4) is 0 Å². The molecule has 1 saturated heterocycles. The molecule has 2 rings (SSSR count). The van der Waals surface area contributed by atoms with Crippen molar-refractivity contribution in [3.8, 4) is 0 Å². The average molecular weight is 235 g/mol. The lowest BCUT2D eigenvalue weighted by Crippen LogP contribution is -2.34. The lowest BCUT2D eigenvalue weighted by molar-refractivity contribution is 0.0696. The van der Waals surface area contributed by atoms with E-state index in [-0.39, 0.29) is 5.56 Å². The minimum atomic E-state index is -0.988. The molecule has 5 heteroatoms. The van der Waals surface area contributed by atoms with E-state index in [0.717, 1.165) is 19.4 Å². The van der Waals surface area contributed by atoms with Crippen LogP contribution in [-0.4, -0.2) is 33.6 Å². The molecule has 2 heterocycles. The van der Waals surface area contributed by atoms with Gasteiger partial charge >= 0.3 is 5.97 Å². The Morgan fingerprint density at radius 1 is 1.47 bits per heavy atom. The van der Waals surface area contributed by atoms with E-state index in [1.54, 1.807) is 0 Å². The number of hydrogen-bond acceptors (Lipinski definition) is 4. The summed E-state index contributed by atoms with van der Waals surface area (Å²) >= 11 is 0. The molecule has 0 aromatic carbocycles. The summed E-state index contributed by atoms with van der Waals surface area (Å²) in [7, 11) is 0. The highest BCUT2D eigenvalue weighted by Gasteiger charge is 2.28. The number of carbonyl (C=O) groups is 1. The van der Waals surface area contributed by atoms with Crippen LogP contribution in [0.25, 0.3) is 0 Å². The van der Waals surface area contributed by atoms with Crippen LogP contribution in [0.15, 0.2) is 12.4 Å². The average Bonchev–Trinajstić information content (AvgIpc) is 2.78. The number of carboxylic acids is 1. The molecule has 1 unspecified atom stereocenters. The van der Waals surface area contributed by atoms with Crippen molar-refractivity contribution in [1.29, 1.82) is 0 Å². The summed E-state index contributed by atoms with van der Waals surface area (Å²) in [6.07, 6.45) is 5.05. The number of rotatable bonds is 3. The van der Waals surface area contributed by atoms with Crippen LogP contribution in [0.2, 0.25) is 0 Å². The van der Waals surface area contributed by atoms with E-state index in [9.17, 15) is 4.79 Å². The second-order valence-electron chi connectivity index (χ2n) is 4.72. The van der Waals surface area contributed by atoms with E-state index in [2.05, 4.69) is 28.7 Å². The number of anilines is 1. The zero-order chi connectivity index (χ0) is 12.4. The molecule has 1 aliphatic heterocycles. The van der Waals surface area contributed by atoms with Gasteiger partial charge in [-0.1, -0.05) is 13.8 Å². The van der Waals surface area contributed by atoms with E-state index < -0.39 is 5.97 Å². The van der Waals surface area contributed by atoms with Gasteiger partial charge < -0.3 is 10.0 Å². The van der Waals surface area contributed by atoms with E-state index in [1.807, 2.05) is 0 Å². The SMILES string of the molecule is CC(C)C1CCCN1c1ncc(C(=O)O)cn1. The third-order valence-corrected chi connectivity index (χ3v) is 3.21. The molecule has 0 radical (unpaired) electrons. The number of aromatic carboxylic acids is 1. The van der Waals surface area contributed by atoms with Gasteiger partial charge in [-0.25, -0.2) is 14.8 Å². The third kappa shape index (κ3) is 2.38. The van der Waals surface area contributed by atoms with Crippen molar-refractivity contribution in [2.75, 3.05) is 11.4 Å². The first-order valence-corrected chi connectivity index (χ1v) is 5.91. The largest absolute Gasteiger partial charge is 0.478 e. The van der Waals surface area contributed by atoms with Crippen molar-refractivity contribution < 1.29 is 9.90 Å². The molecule has 0 amide bonds. The number of carboxylic acid groups (broad SMARTS) is 1. The predicted molar refractivity (Wildman–Crippen MR) is 64.2 cm³/mol. The van der Waals surface area contributed by atoms with E-state index >= 15 is 0 Å². The highest BCUT2D eigenvalue weighted by atomic mass is 16.4. The van der Waals surface area contributed by atoms with Gasteiger partial charge in [0.15, 0.2) is 0 Å². The Morgan fingerprint density at radius 2 is 2.12 bits per heavy atom. The standard InChI is InChI=1S/C12H17N3O2/c1-8(2)10-4-3-5-15(10)12-13-6-9(7-14-12)11(16)17/h6-8,10H,3-5H2,1-2H3,(H,16,17). The van der Waals surface area contributed by atoms with Crippen molar-refractivity contribution in [3.63, 3.8) is 0 Å². The fourth-order valence-corrected chi connectivity index (χ4v) is 2.31. The topological polar surface area (TPSA) is 66.3 Å². The van der Waals surface area contributed by atoms with Crippen molar-refractivity contribution in [2.45, 2.75) is 32.7 Å². The first-order chi connectivity index (χ1) is 8.09. The molecular formula is C12H17N3O2. The van der Waals surface area contributed by atoms with Crippen LogP contribution in [0.1, 0.15) is 37.0 Å². The summed E-state index contributed by atoms with van der Waals surface area (Å²) < 4.78 is 0. The van der Waals surface area contributed by atoms with Crippen LogP contribution in [0.5, 0.6) is 0 Å². The van der Waals surface area contributed by atoms with Gasteiger partial charge in [-0.15, -0.1) is 0 Å². The molecule has 1 atom stereocenters. The van der Waals surface area contributed by atoms with Gasteiger partial charge in [-0.2, -0.15) is 0 Å². The first kappa shape index (κ1) is 11.8. The van der Waals surface area contributed by atoms with Crippen LogP contribution >= 0.6 is 0 Å². The molecule has 17 heavy (non-hydrogen) atoms. The molecule has 92 valence electrons. The van der Waals surface area contributed by atoms with Crippen molar-refractivity contribution >= 4 is 11.9 Å². The zero-order valence-corrected chi connectivity index (χ0v) is 10.1. The Kier molecular flexibility index (Phi) is 3.26. The molecule has 1 aromatic heterocycles. The molecule has 5 nitrogen and oxygen atoms in total. The molecule has 0 aliphatic carbocycles. The lowest BCUT2D eigenvalue weighted by Gasteiger charge is -2.27. The Hall–Kier alpha value is -1.65. The monoisotopic (exact) mass is 235 g/mol. The number of aromatic nitrogens is 2.